The minimum Gasteiger partial charge on any atom is -0.484 e. The third-order valence-corrected chi connectivity index (χ3v) is 0.994. The van der Waals surface area contributed by atoms with Crippen LogP contribution in [0.25, 0.3) is 0 Å². The molecule has 0 spiro atoms. The van der Waals surface area contributed by atoms with Crippen LogP contribution < -0.4 is 0 Å². The van der Waals surface area contributed by atoms with Gasteiger partial charge in [0.25, 0.3) is 0 Å². The molecule has 3 heteroatoms. The normalized spacial score (nSPS) is 9.50. The van der Waals surface area contributed by atoms with Gasteiger partial charge in [-0.1, -0.05) is 31.4 Å². The van der Waals surface area contributed by atoms with Gasteiger partial charge >= 0.3 is 0 Å². The van der Waals surface area contributed by atoms with E-state index in [1.165, 1.54) is 0 Å². The fourth-order valence-corrected chi connectivity index (χ4v) is 0.490. The van der Waals surface area contributed by atoms with E-state index in [9.17, 15) is 4.79 Å². The van der Waals surface area contributed by atoms with E-state index in [0.29, 0.717) is 0 Å². The van der Waals surface area contributed by atoms with Crippen molar-refractivity contribution in [3.63, 3.8) is 0 Å². The van der Waals surface area contributed by atoms with Crippen molar-refractivity contribution in [1.82, 2.24) is 0 Å². The van der Waals surface area contributed by atoms with E-state index in [2.05, 4.69) is 24.8 Å². The summed E-state index contributed by atoms with van der Waals surface area (Å²) >= 11 is 0. The summed E-state index contributed by atoms with van der Waals surface area (Å²) in [4.78, 5) is 10.2. The molecule has 0 atom stereocenters. The zero-order chi connectivity index (χ0) is 8.69. The van der Waals surface area contributed by atoms with Crippen LogP contribution >= 0.6 is 0 Å². The quantitative estimate of drug-likeness (QED) is 0.444. The second kappa shape index (κ2) is 8.35. The number of allylic oxidation sites excluding steroid dienone is 2. The van der Waals surface area contributed by atoms with Crippen LogP contribution in [-0.4, -0.2) is 12.6 Å². The van der Waals surface area contributed by atoms with Crippen LogP contribution in [0.1, 0.15) is 0 Å². The first-order valence-corrected chi connectivity index (χ1v) is 3.13. The third-order valence-electron chi connectivity index (χ3n) is 0.994. The largest absolute Gasteiger partial charge is 0.484 e. The minimum atomic E-state index is -0.540. The molecule has 12 heavy (non-hydrogen) atoms. The monoisotopic (exact) mass is 335 g/mol. The predicted octanol–water partition coefficient (Wildman–Crippen LogP) is 1.66. The van der Waals surface area contributed by atoms with Crippen LogP contribution in [0.15, 0.2) is 37.0 Å². The Kier molecular flexibility index (Phi) is 9.61. The van der Waals surface area contributed by atoms with Crippen molar-refractivity contribution in [3.8, 4) is 0 Å². The summed E-state index contributed by atoms with van der Waals surface area (Å²) in [5, 5.41) is 0. The number of carbonyl (C=O) groups is 1. The van der Waals surface area contributed by atoms with Gasteiger partial charge in [-0.25, -0.2) is 0 Å². The van der Waals surface area contributed by atoms with Gasteiger partial charge in [0.05, 0.1) is 0 Å². The first-order chi connectivity index (χ1) is 5.20. The molecule has 0 aromatic heterocycles. The molecule has 0 saturated carbocycles. The Bertz CT molecular complexity index is 195. The molecule has 0 heterocycles. The molecule has 0 rings (SSSR count). The van der Waals surface area contributed by atoms with Gasteiger partial charge in [-0.3, -0.25) is 11.7 Å². The average molecular weight is 335 g/mol. The van der Waals surface area contributed by atoms with Gasteiger partial charge in [-0.05, 0) is 5.57 Å². The molecule has 0 amide bonds. The van der Waals surface area contributed by atoms with Gasteiger partial charge in [-0.2, -0.15) is 0 Å². The number of ether oxygens (including phenoxy) is 1. The minimum absolute atomic E-state index is 0. The van der Waals surface area contributed by atoms with Gasteiger partial charge in [0, 0.05) is 21.1 Å². The second-order valence-electron chi connectivity index (χ2n) is 1.84. The van der Waals surface area contributed by atoms with Crippen LogP contribution in [0.2, 0.25) is 0 Å². The first kappa shape index (κ1) is 13.8. The fourth-order valence-electron chi connectivity index (χ4n) is 0.490. The van der Waals surface area contributed by atoms with Crippen molar-refractivity contribution in [2.75, 3.05) is 6.61 Å². The number of esters is 1. The Hall–Kier alpha value is -0.752. The molecular weight excluding hydrogens is 324 g/mol. The maximum absolute atomic E-state index is 10.2. The van der Waals surface area contributed by atoms with E-state index in [-0.39, 0.29) is 27.7 Å². The Labute approximate surface area is 87.3 Å². The predicted molar refractivity (Wildman–Crippen MR) is 44.8 cm³/mol. The second-order valence-corrected chi connectivity index (χ2v) is 1.84. The summed E-state index contributed by atoms with van der Waals surface area (Å²) in [5.41, 5.74) is 0.803. The molecule has 0 N–H and O–H groups in total. The maximum Gasteiger partial charge on any atom is 0.164 e. The molecule has 0 saturated heterocycles. The molecule has 0 radical (unpaired) electrons. The summed E-state index contributed by atoms with van der Waals surface area (Å²) < 4.78 is 4.61. The molecule has 0 aliphatic heterocycles. The summed E-state index contributed by atoms with van der Waals surface area (Å²) in [5.74, 6) is -0.540. The summed E-state index contributed by atoms with van der Waals surface area (Å²) in [6.45, 7) is 10.3. The SMILES string of the molecule is C=C/C=C(\C=C)COC([CH2-])=O.[W]. The Balaban J connectivity index is 0. The molecule has 0 aliphatic carbocycles. The van der Waals surface area contributed by atoms with Crippen LogP contribution in [0.5, 0.6) is 0 Å². The summed E-state index contributed by atoms with van der Waals surface area (Å²) in [7, 11) is 0. The van der Waals surface area contributed by atoms with Crippen molar-refractivity contribution in [3.05, 3.63) is 43.9 Å². The van der Waals surface area contributed by atoms with Crippen molar-refractivity contribution < 1.29 is 30.6 Å². The van der Waals surface area contributed by atoms with E-state index in [0.717, 1.165) is 5.57 Å². The zero-order valence-electron chi connectivity index (χ0n) is 6.79. The van der Waals surface area contributed by atoms with Crippen molar-refractivity contribution >= 4 is 5.97 Å². The zero-order valence-corrected chi connectivity index (χ0v) is 9.72. The van der Waals surface area contributed by atoms with Crippen molar-refractivity contribution in [1.29, 1.82) is 0 Å². The van der Waals surface area contributed by atoms with E-state index in [1.54, 1.807) is 18.2 Å². The number of hydrogen-bond donors (Lipinski definition) is 0. The number of carbonyl (C=O) groups excluding carboxylic acids is 1. The fraction of sp³-hybridized carbons (Fsp3) is 0.111. The molecule has 66 valence electrons. The van der Waals surface area contributed by atoms with Gasteiger partial charge < -0.3 is 4.74 Å². The molecule has 0 unspecified atom stereocenters. The van der Waals surface area contributed by atoms with Crippen LogP contribution in [0.3, 0.4) is 0 Å². The van der Waals surface area contributed by atoms with Crippen LogP contribution in [-0.2, 0) is 30.6 Å². The summed E-state index contributed by atoms with van der Waals surface area (Å²) in [6.07, 6.45) is 4.93. The van der Waals surface area contributed by atoms with Gasteiger partial charge in [0.15, 0.2) is 5.97 Å². The molecule has 2 nitrogen and oxygen atoms in total. The number of rotatable bonds is 4. The van der Waals surface area contributed by atoms with Crippen molar-refractivity contribution in [2.45, 2.75) is 0 Å². The number of hydrogen-bond acceptors (Lipinski definition) is 2. The van der Waals surface area contributed by atoms with Gasteiger partial charge in [0.2, 0.25) is 0 Å². The Morgan fingerprint density at radius 3 is 2.42 bits per heavy atom. The standard InChI is InChI=1S/C9H11O2.W/c1-4-6-9(5-2)7-11-8(3)10;/h4-6H,1-3,7H2;/q-1;/b9-6+;. The van der Waals surface area contributed by atoms with Crippen molar-refractivity contribution in [2.24, 2.45) is 0 Å². The Morgan fingerprint density at radius 2 is 2.08 bits per heavy atom. The van der Waals surface area contributed by atoms with E-state index >= 15 is 0 Å². The molecule has 0 fully saturated rings. The smallest absolute Gasteiger partial charge is 0.164 e. The first-order valence-electron chi connectivity index (χ1n) is 3.13. The van der Waals surface area contributed by atoms with E-state index in [1.807, 2.05) is 0 Å². The molecule has 0 aromatic rings. The maximum atomic E-state index is 10.2. The van der Waals surface area contributed by atoms with Crippen LogP contribution in [0, 0.1) is 6.92 Å². The summed E-state index contributed by atoms with van der Waals surface area (Å²) in [6, 6.07) is 0. The topological polar surface area (TPSA) is 26.3 Å². The average Bonchev–Trinajstić information content (AvgIpc) is 1.97. The van der Waals surface area contributed by atoms with Gasteiger partial charge in [-0.15, -0.1) is 0 Å². The molecular formula is C9H11O2W-. The Morgan fingerprint density at radius 1 is 1.50 bits per heavy atom. The van der Waals surface area contributed by atoms with E-state index in [4.69, 9.17) is 0 Å². The third kappa shape index (κ3) is 7.36. The van der Waals surface area contributed by atoms with E-state index < -0.39 is 5.97 Å². The molecule has 0 aromatic carbocycles. The molecule has 0 aliphatic rings. The van der Waals surface area contributed by atoms with Crippen LogP contribution in [0.4, 0.5) is 0 Å². The molecule has 0 bridgehead atoms. The van der Waals surface area contributed by atoms with Gasteiger partial charge in [0.1, 0.15) is 6.61 Å².